The highest BCUT2D eigenvalue weighted by molar-refractivity contribution is 6.27. The summed E-state index contributed by atoms with van der Waals surface area (Å²) in [6, 6.07) is 63.5. The molecule has 9 aromatic carbocycles. The number of nitrogens with zero attached hydrogens (tertiary/aromatic N) is 3. The van der Waals surface area contributed by atoms with Crippen LogP contribution in [0.15, 0.2) is 176 Å². The molecule has 3 heteroatoms. The summed E-state index contributed by atoms with van der Waals surface area (Å²) in [5.41, 5.74) is 10.2. The molecule has 0 saturated carbocycles. The minimum absolute atomic E-state index is 0.0812. The van der Waals surface area contributed by atoms with E-state index < -0.39 is 0 Å². The van der Waals surface area contributed by atoms with Crippen LogP contribution in [-0.2, 0) is 10.8 Å². The quantitative estimate of drug-likeness (QED) is 0.169. The lowest BCUT2D eigenvalue weighted by Crippen LogP contribution is -2.43. The van der Waals surface area contributed by atoms with Crippen LogP contribution in [0.1, 0.15) is 38.8 Å². The molecule has 276 valence electrons. The van der Waals surface area contributed by atoms with Gasteiger partial charge in [0.2, 0.25) is 0 Å². The fourth-order valence-corrected chi connectivity index (χ4v) is 9.47. The Labute approximate surface area is 338 Å². The Hall–Kier alpha value is -6.97. The molecule has 0 aliphatic heterocycles. The van der Waals surface area contributed by atoms with E-state index in [0.717, 1.165) is 22.3 Å². The van der Waals surface area contributed by atoms with E-state index in [0.29, 0.717) is 17.5 Å². The highest BCUT2D eigenvalue weighted by atomic mass is 15.0. The summed E-state index contributed by atoms with van der Waals surface area (Å²) in [6.45, 7) is 9.47. The maximum absolute atomic E-state index is 5.27. The molecule has 3 nitrogen and oxygen atoms in total. The summed E-state index contributed by atoms with van der Waals surface area (Å²) in [5.74, 6) is 1.97. The van der Waals surface area contributed by atoms with E-state index in [9.17, 15) is 0 Å². The lowest BCUT2D eigenvalue weighted by Gasteiger charge is -2.48. The molecule has 1 aliphatic rings. The summed E-state index contributed by atoms with van der Waals surface area (Å²) in [4.78, 5) is 15.6. The van der Waals surface area contributed by atoms with Gasteiger partial charge in [-0.1, -0.05) is 185 Å². The predicted molar refractivity (Wildman–Crippen MR) is 243 cm³/mol. The molecular formula is C55H41N3. The molecular weight excluding hydrogens is 703 g/mol. The van der Waals surface area contributed by atoms with Crippen LogP contribution in [0.25, 0.3) is 99.5 Å². The zero-order valence-corrected chi connectivity index (χ0v) is 33.1. The molecule has 1 aliphatic carbocycles. The zero-order valence-electron chi connectivity index (χ0n) is 33.1. The molecule has 0 N–H and O–H groups in total. The minimum atomic E-state index is -0.139. The third-order valence-corrected chi connectivity index (χ3v) is 13.2. The van der Waals surface area contributed by atoms with Crippen molar-refractivity contribution in [2.24, 2.45) is 0 Å². The molecule has 1 aromatic heterocycles. The van der Waals surface area contributed by atoms with E-state index in [4.69, 9.17) is 15.0 Å². The normalized spacial score (nSPS) is 14.1. The van der Waals surface area contributed by atoms with Crippen molar-refractivity contribution in [1.29, 1.82) is 0 Å². The monoisotopic (exact) mass is 743 g/mol. The first kappa shape index (κ1) is 34.3. The first-order valence-corrected chi connectivity index (χ1v) is 20.2. The summed E-state index contributed by atoms with van der Waals surface area (Å²) in [5, 5.41) is 10.0. The molecule has 0 radical (unpaired) electrons. The summed E-state index contributed by atoms with van der Waals surface area (Å²) in [7, 11) is 0. The van der Waals surface area contributed by atoms with Crippen molar-refractivity contribution in [3.8, 4) is 56.4 Å². The van der Waals surface area contributed by atoms with Gasteiger partial charge in [-0.2, -0.15) is 0 Å². The van der Waals surface area contributed by atoms with Crippen LogP contribution in [0.5, 0.6) is 0 Å². The first-order chi connectivity index (χ1) is 28.3. The fraction of sp³-hybridized carbons (Fsp3) is 0.109. The van der Waals surface area contributed by atoms with Crippen LogP contribution < -0.4 is 0 Å². The van der Waals surface area contributed by atoms with E-state index in [2.05, 4.69) is 185 Å². The van der Waals surface area contributed by atoms with Gasteiger partial charge in [0, 0.05) is 16.7 Å². The molecule has 58 heavy (non-hydrogen) atoms. The van der Waals surface area contributed by atoms with Crippen LogP contribution in [0.4, 0.5) is 0 Å². The minimum Gasteiger partial charge on any atom is -0.208 e. The van der Waals surface area contributed by atoms with Gasteiger partial charge in [-0.3, -0.25) is 0 Å². The van der Waals surface area contributed by atoms with E-state index in [1.165, 1.54) is 70.9 Å². The Morgan fingerprint density at radius 2 is 0.879 bits per heavy atom. The van der Waals surface area contributed by atoms with Gasteiger partial charge < -0.3 is 0 Å². The smallest absolute Gasteiger partial charge is 0.164 e. The number of hydrogen-bond acceptors (Lipinski definition) is 3. The zero-order chi connectivity index (χ0) is 39.2. The Bertz CT molecular complexity index is 3290. The number of aromatic nitrogens is 3. The molecule has 0 atom stereocenters. The van der Waals surface area contributed by atoms with E-state index in [-0.39, 0.29) is 10.8 Å². The fourth-order valence-electron chi connectivity index (χ4n) is 9.47. The molecule has 1 heterocycles. The highest BCUT2D eigenvalue weighted by Gasteiger charge is 2.45. The Morgan fingerprint density at radius 1 is 0.310 bits per heavy atom. The Kier molecular flexibility index (Phi) is 7.55. The number of hydrogen-bond donors (Lipinski definition) is 0. The van der Waals surface area contributed by atoms with Crippen molar-refractivity contribution < 1.29 is 0 Å². The number of benzene rings is 9. The lowest BCUT2D eigenvalue weighted by molar-refractivity contribution is 0.299. The first-order valence-electron chi connectivity index (χ1n) is 20.2. The van der Waals surface area contributed by atoms with Gasteiger partial charge in [0.15, 0.2) is 17.5 Å². The van der Waals surface area contributed by atoms with E-state index >= 15 is 0 Å². The maximum Gasteiger partial charge on any atom is 0.164 e. The Balaban J connectivity index is 1.10. The summed E-state index contributed by atoms with van der Waals surface area (Å²) >= 11 is 0. The van der Waals surface area contributed by atoms with Crippen LogP contribution in [0, 0.1) is 0 Å². The van der Waals surface area contributed by atoms with Crippen molar-refractivity contribution in [2.45, 2.75) is 38.5 Å². The van der Waals surface area contributed by atoms with Crippen molar-refractivity contribution >= 4 is 43.1 Å². The summed E-state index contributed by atoms with van der Waals surface area (Å²) < 4.78 is 0. The number of rotatable bonds is 4. The molecule has 0 saturated heterocycles. The maximum atomic E-state index is 5.27. The number of fused-ring (bicyclic) bond motifs is 10. The molecule has 0 unspecified atom stereocenters. The largest absolute Gasteiger partial charge is 0.208 e. The topological polar surface area (TPSA) is 38.7 Å². The average molecular weight is 744 g/mol. The third kappa shape index (κ3) is 5.16. The molecule has 0 fully saturated rings. The second kappa shape index (κ2) is 12.8. The lowest BCUT2D eigenvalue weighted by atomic mass is 9.55. The van der Waals surface area contributed by atoms with E-state index in [1.54, 1.807) is 0 Å². The predicted octanol–water partition coefficient (Wildman–Crippen LogP) is 14.4. The van der Waals surface area contributed by atoms with E-state index in [1.807, 2.05) is 18.2 Å². The van der Waals surface area contributed by atoms with Gasteiger partial charge >= 0.3 is 0 Å². The highest BCUT2D eigenvalue weighted by Crippen LogP contribution is 2.54. The second-order valence-electron chi connectivity index (χ2n) is 16.8. The van der Waals surface area contributed by atoms with Gasteiger partial charge in [0.25, 0.3) is 0 Å². The molecule has 10 aromatic rings. The van der Waals surface area contributed by atoms with Crippen LogP contribution in [0.2, 0.25) is 0 Å². The van der Waals surface area contributed by atoms with Gasteiger partial charge in [-0.25, -0.2) is 15.0 Å². The van der Waals surface area contributed by atoms with Gasteiger partial charge in [0.05, 0.1) is 0 Å². The standard InChI is InChI=1S/C55H41N3/c1-54(2)48-24-13-12-23-43(48)44-27-26-39(33-49(44)55(54,3)4)53-57-51(35-16-6-5-7-17-35)56-52(58-53)38-20-14-19-36(31-38)47-32-37-18-9-11-22-41(37)50-45-28-25-34-15-8-10-21-40(34)42(45)29-30-46(47)50/h5-33H,1-4H3. The van der Waals surface area contributed by atoms with Crippen molar-refractivity contribution in [3.63, 3.8) is 0 Å². The van der Waals surface area contributed by atoms with Crippen LogP contribution in [-0.4, -0.2) is 15.0 Å². The van der Waals surface area contributed by atoms with Crippen molar-refractivity contribution in [1.82, 2.24) is 15.0 Å². The Morgan fingerprint density at radius 3 is 1.69 bits per heavy atom. The average Bonchev–Trinajstić information content (AvgIpc) is 3.28. The van der Waals surface area contributed by atoms with Crippen LogP contribution in [0.3, 0.4) is 0 Å². The molecule has 0 bridgehead atoms. The second-order valence-corrected chi connectivity index (χ2v) is 16.8. The van der Waals surface area contributed by atoms with Crippen molar-refractivity contribution in [3.05, 3.63) is 187 Å². The SMILES string of the molecule is CC1(C)c2ccccc2-c2ccc(-c3nc(-c4ccccc4)nc(-c4cccc(-c5cc6ccccc6c6c5ccc5c7ccccc7ccc56)c4)n3)cc2C1(C)C. The molecule has 0 spiro atoms. The van der Waals surface area contributed by atoms with Gasteiger partial charge in [-0.15, -0.1) is 0 Å². The summed E-state index contributed by atoms with van der Waals surface area (Å²) in [6.07, 6.45) is 0. The van der Waals surface area contributed by atoms with Crippen molar-refractivity contribution in [2.75, 3.05) is 0 Å². The van der Waals surface area contributed by atoms with Crippen LogP contribution >= 0.6 is 0 Å². The molecule has 0 amide bonds. The van der Waals surface area contributed by atoms with Gasteiger partial charge in [-0.05, 0) is 105 Å². The third-order valence-electron chi connectivity index (χ3n) is 13.2. The van der Waals surface area contributed by atoms with Gasteiger partial charge in [0.1, 0.15) is 0 Å². The molecule has 11 rings (SSSR count).